The minimum atomic E-state index is -0.556. The number of rotatable bonds is 4. The van der Waals surface area contributed by atoms with E-state index in [2.05, 4.69) is 5.32 Å². The molecule has 0 aromatic heterocycles. The number of nitrogens with one attached hydrogen (secondary N) is 1. The zero-order valence-corrected chi connectivity index (χ0v) is 13.7. The van der Waals surface area contributed by atoms with Gasteiger partial charge in [0.15, 0.2) is 6.61 Å². The Morgan fingerprint density at radius 3 is 2.55 bits per heavy atom. The van der Waals surface area contributed by atoms with Gasteiger partial charge >= 0.3 is 0 Å². The van der Waals surface area contributed by atoms with Gasteiger partial charge in [0.05, 0.1) is 10.0 Å². The molecule has 0 saturated heterocycles. The van der Waals surface area contributed by atoms with E-state index in [1.807, 2.05) is 0 Å². The van der Waals surface area contributed by atoms with Crippen molar-refractivity contribution < 1.29 is 13.9 Å². The summed E-state index contributed by atoms with van der Waals surface area (Å²) in [5.74, 6) is -0.592. The number of halogens is 4. The predicted molar refractivity (Wildman–Crippen MR) is 86.7 cm³/mol. The fourth-order valence-corrected chi connectivity index (χ4v) is 2.61. The molecule has 2 rings (SSSR count). The molecule has 1 amide bonds. The Kier molecular flexibility index (Phi) is 5.51. The Balaban J connectivity index is 2.00. The van der Waals surface area contributed by atoms with Crippen molar-refractivity contribution in [1.82, 2.24) is 0 Å². The van der Waals surface area contributed by atoms with Gasteiger partial charge in [-0.1, -0.05) is 34.8 Å². The second-order valence-corrected chi connectivity index (χ2v) is 5.75. The van der Waals surface area contributed by atoms with E-state index in [9.17, 15) is 9.18 Å². The lowest BCUT2D eigenvalue weighted by Gasteiger charge is -2.11. The summed E-state index contributed by atoms with van der Waals surface area (Å²) in [7, 11) is 0. The average Bonchev–Trinajstić information content (AvgIpc) is 2.41. The highest BCUT2D eigenvalue weighted by Gasteiger charge is 2.11. The van der Waals surface area contributed by atoms with Crippen LogP contribution in [0.25, 0.3) is 0 Å². The van der Waals surface area contributed by atoms with Gasteiger partial charge in [0.1, 0.15) is 11.6 Å². The van der Waals surface area contributed by atoms with Gasteiger partial charge in [0.25, 0.3) is 5.91 Å². The highest BCUT2D eigenvalue weighted by Crippen LogP contribution is 2.31. The normalized spacial score (nSPS) is 10.4. The summed E-state index contributed by atoms with van der Waals surface area (Å²) in [6, 6.07) is 7.09. The Bertz CT molecular complexity index is 699. The molecule has 0 unspecified atom stereocenters. The van der Waals surface area contributed by atoms with E-state index in [4.69, 9.17) is 39.5 Å². The molecule has 0 atom stereocenters. The number of hydrogen-bond donors (Lipinski definition) is 1. The molecule has 0 bridgehead atoms. The molecule has 1 N–H and O–H groups in total. The topological polar surface area (TPSA) is 38.3 Å². The first-order valence-corrected chi connectivity index (χ1v) is 7.33. The van der Waals surface area contributed by atoms with Crippen LogP contribution in [0.15, 0.2) is 30.3 Å². The molecule has 0 aliphatic carbocycles. The first kappa shape index (κ1) is 16.9. The zero-order valence-electron chi connectivity index (χ0n) is 11.4. The lowest BCUT2D eigenvalue weighted by atomic mass is 10.2. The first-order chi connectivity index (χ1) is 10.4. The van der Waals surface area contributed by atoms with Crippen LogP contribution < -0.4 is 10.1 Å². The summed E-state index contributed by atoms with van der Waals surface area (Å²) in [6.07, 6.45) is 0. The van der Waals surface area contributed by atoms with Gasteiger partial charge < -0.3 is 10.1 Å². The molecule has 0 aliphatic rings. The van der Waals surface area contributed by atoms with E-state index in [0.29, 0.717) is 21.5 Å². The summed E-state index contributed by atoms with van der Waals surface area (Å²) in [5, 5.41) is 3.28. The van der Waals surface area contributed by atoms with Gasteiger partial charge in [-0.15, -0.1) is 0 Å². The van der Waals surface area contributed by atoms with Gasteiger partial charge in [-0.25, -0.2) is 4.39 Å². The van der Waals surface area contributed by atoms with Crippen LogP contribution in [0.1, 0.15) is 5.56 Å². The van der Waals surface area contributed by atoms with Crippen molar-refractivity contribution in [2.45, 2.75) is 6.92 Å². The van der Waals surface area contributed by atoms with Gasteiger partial charge in [-0.3, -0.25) is 4.79 Å². The minimum Gasteiger partial charge on any atom is -0.482 e. The zero-order chi connectivity index (χ0) is 16.3. The van der Waals surface area contributed by atoms with E-state index in [-0.39, 0.29) is 11.6 Å². The lowest BCUT2D eigenvalue weighted by molar-refractivity contribution is -0.118. The summed E-state index contributed by atoms with van der Waals surface area (Å²) < 4.78 is 18.4. The molecule has 116 valence electrons. The Labute approximate surface area is 141 Å². The highest BCUT2D eigenvalue weighted by molar-refractivity contribution is 6.35. The predicted octanol–water partition coefficient (Wildman–Crippen LogP) is 5.11. The molecule has 0 fully saturated rings. The van der Waals surface area contributed by atoms with Crippen LogP contribution in [0.4, 0.5) is 10.1 Å². The van der Waals surface area contributed by atoms with Crippen molar-refractivity contribution in [2.24, 2.45) is 0 Å². The molecule has 22 heavy (non-hydrogen) atoms. The summed E-state index contributed by atoms with van der Waals surface area (Å²) in [5.41, 5.74) is 1.09. The van der Waals surface area contributed by atoms with Crippen molar-refractivity contribution in [3.63, 3.8) is 0 Å². The fourth-order valence-electron chi connectivity index (χ4n) is 1.78. The van der Waals surface area contributed by atoms with E-state index < -0.39 is 11.7 Å². The second kappa shape index (κ2) is 7.18. The monoisotopic (exact) mass is 361 g/mol. The van der Waals surface area contributed by atoms with Crippen LogP contribution in [0, 0.1) is 12.7 Å². The maximum absolute atomic E-state index is 13.0. The largest absolute Gasteiger partial charge is 0.482 e. The average molecular weight is 363 g/mol. The van der Waals surface area contributed by atoms with E-state index >= 15 is 0 Å². The van der Waals surface area contributed by atoms with Gasteiger partial charge in [-0.05, 0) is 42.8 Å². The molecule has 7 heteroatoms. The van der Waals surface area contributed by atoms with Crippen molar-refractivity contribution in [3.8, 4) is 5.75 Å². The van der Waals surface area contributed by atoms with Gasteiger partial charge in [-0.2, -0.15) is 0 Å². The number of ether oxygens (including phenoxy) is 1. The Morgan fingerprint density at radius 2 is 1.91 bits per heavy atom. The van der Waals surface area contributed by atoms with Crippen LogP contribution in [0.3, 0.4) is 0 Å². The lowest BCUT2D eigenvalue weighted by Crippen LogP contribution is -2.20. The standard InChI is InChI=1S/C15H11Cl3FNO2/c1-8-4-9(16)5-12(18)15(8)22-7-14(21)20-10-2-3-13(19)11(17)6-10/h2-6H,7H2,1H3,(H,20,21). The fraction of sp³-hybridized carbons (Fsp3) is 0.133. The molecular formula is C15H11Cl3FNO2. The van der Waals surface area contributed by atoms with Crippen molar-refractivity contribution in [1.29, 1.82) is 0 Å². The smallest absolute Gasteiger partial charge is 0.262 e. The number of amides is 1. The maximum atomic E-state index is 13.0. The molecule has 0 saturated carbocycles. The van der Waals surface area contributed by atoms with Gasteiger partial charge in [0.2, 0.25) is 0 Å². The molecular weight excluding hydrogens is 352 g/mol. The number of hydrogen-bond acceptors (Lipinski definition) is 2. The minimum absolute atomic E-state index is 0.0738. The number of carbonyl (C=O) groups excluding carboxylic acids is 1. The Morgan fingerprint density at radius 1 is 1.18 bits per heavy atom. The van der Waals surface area contributed by atoms with Crippen LogP contribution in [-0.2, 0) is 4.79 Å². The maximum Gasteiger partial charge on any atom is 0.262 e. The van der Waals surface area contributed by atoms with Crippen LogP contribution in [0.2, 0.25) is 15.1 Å². The Hall–Kier alpha value is -1.49. The molecule has 0 spiro atoms. The van der Waals surface area contributed by atoms with Crippen LogP contribution in [0.5, 0.6) is 5.75 Å². The van der Waals surface area contributed by atoms with Crippen LogP contribution in [-0.4, -0.2) is 12.5 Å². The van der Waals surface area contributed by atoms with Crippen molar-refractivity contribution in [3.05, 3.63) is 56.8 Å². The number of anilines is 1. The molecule has 0 aliphatic heterocycles. The molecule has 2 aromatic carbocycles. The highest BCUT2D eigenvalue weighted by atomic mass is 35.5. The van der Waals surface area contributed by atoms with E-state index in [1.165, 1.54) is 24.3 Å². The third kappa shape index (κ3) is 4.26. The first-order valence-electron chi connectivity index (χ1n) is 6.20. The summed E-state index contributed by atoms with van der Waals surface area (Å²) >= 11 is 17.5. The van der Waals surface area contributed by atoms with Crippen molar-refractivity contribution >= 4 is 46.4 Å². The molecule has 0 radical (unpaired) electrons. The van der Waals surface area contributed by atoms with Crippen molar-refractivity contribution in [2.75, 3.05) is 11.9 Å². The summed E-state index contributed by atoms with van der Waals surface area (Å²) in [6.45, 7) is 1.52. The third-order valence-corrected chi connectivity index (χ3v) is 3.53. The van der Waals surface area contributed by atoms with E-state index in [0.717, 1.165) is 5.56 Å². The molecule has 2 aromatic rings. The number of benzene rings is 2. The van der Waals surface area contributed by atoms with Gasteiger partial charge in [0, 0.05) is 10.7 Å². The molecule has 0 heterocycles. The number of carbonyl (C=O) groups is 1. The van der Waals surface area contributed by atoms with Crippen LogP contribution >= 0.6 is 34.8 Å². The third-order valence-electron chi connectivity index (χ3n) is 2.75. The number of aryl methyl sites for hydroxylation is 1. The second-order valence-electron chi connectivity index (χ2n) is 4.50. The van der Waals surface area contributed by atoms with E-state index in [1.54, 1.807) is 13.0 Å². The summed E-state index contributed by atoms with van der Waals surface area (Å²) in [4.78, 5) is 11.8. The molecule has 3 nitrogen and oxygen atoms in total. The SMILES string of the molecule is Cc1cc(Cl)cc(Cl)c1OCC(=O)Nc1ccc(F)c(Cl)c1. The quantitative estimate of drug-likeness (QED) is 0.820.